The molecule has 0 heterocycles. The Kier molecular flexibility index (Phi) is 4.66. The first kappa shape index (κ1) is 15.9. The van der Waals surface area contributed by atoms with Gasteiger partial charge in [-0.2, -0.15) is 0 Å². The van der Waals surface area contributed by atoms with Gasteiger partial charge in [0, 0.05) is 5.56 Å². The molecule has 0 aliphatic heterocycles. The third-order valence-corrected chi connectivity index (χ3v) is 3.86. The Labute approximate surface area is 140 Å². The highest BCUT2D eigenvalue weighted by Gasteiger charge is 2.16. The number of methoxy groups -OCH3 is 2. The van der Waals surface area contributed by atoms with Crippen molar-refractivity contribution in [3.8, 4) is 11.5 Å². The fourth-order valence-corrected chi connectivity index (χ4v) is 2.61. The van der Waals surface area contributed by atoms with Crippen molar-refractivity contribution in [2.75, 3.05) is 14.2 Å². The smallest absolute Gasteiger partial charge is 0.338 e. The number of benzene rings is 3. The molecule has 4 nitrogen and oxygen atoms in total. The maximum atomic E-state index is 12.2. The molecule has 0 atom stereocenters. The highest BCUT2D eigenvalue weighted by Crippen LogP contribution is 2.25. The lowest BCUT2D eigenvalue weighted by Crippen LogP contribution is -2.09. The molecule has 3 aromatic rings. The Morgan fingerprint density at radius 3 is 2.29 bits per heavy atom. The van der Waals surface area contributed by atoms with E-state index in [1.807, 2.05) is 60.7 Å². The standard InChI is InChI=1S/C20H18O4/c1-22-16-9-11-17(12-10-16)24-13-15-8-7-14-5-3-4-6-18(14)19(15)20(21)23-2/h3-12H,13H2,1-2H3. The topological polar surface area (TPSA) is 44.8 Å². The van der Waals surface area contributed by atoms with Gasteiger partial charge in [0.15, 0.2) is 0 Å². The molecule has 0 saturated heterocycles. The number of fused-ring (bicyclic) bond motifs is 1. The summed E-state index contributed by atoms with van der Waals surface area (Å²) < 4.78 is 15.9. The first-order valence-corrected chi connectivity index (χ1v) is 7.58. The molecule has 0 N–H and O–H groups in total. The van der Waals surface area contributed by atoms with Gasteiger partial charge in [0.05, 0.1) is 19.8 Å². The van der Waals surface area contributed by atoms with Crippen LogP contribution in [-0.4, -0.2) is 20.2 Å². The zero-order valence-electron chi connectivity index (χ0n) is 13.6. The Bertz CT molecular complexity index is 853. The molecule has 0 aromatic heterocycles. The molecule has 0 aliphatic carbocycles. The fourth-order valence-electron chi connectivity index (χ4n) is 2.61. The highest BCUT2D eigenvalue weighted by molar-refractivity contribution is 6.05. The summed E-state index contributed by atoms with van der Waals surface area (Å²) in [6.07, 6.45) is 0. The van der Waals surface area contributed by atoms with Crippen LogP contribution >= 0.6 is 0 Å². The van der Waals surface area contributed by atoms with Gasteiger partial charge >= 0.3 is 5.97 Å². The van der Waals surface area contributed by atoms with Crippen LogP contribution in [0, 0.1) is 0 Å². The molecule has 122 valence electrons. The number of rotatable bonds is 5. The number of carbonyl (C=O) groups excluding carboxylic acids is 1. The molecular weight excluding hydrogens is 304 g/mol. The van der Waals surface area contributed by atoms with Crippen molar-refractivity contribution >= 4 is 16.7 Å². The third-order valence-electron chi connectivity index (χ3n) is 3.86. The lowest BCUT2D eigenvalue weighted by molar-refractivity contribution is 0.0600. The van der Waals surface area contributed by atoms with Crippen molar-refractivity contribution < 1.29 is 19.0 Å². The molecule has 0 unspecified atom stereocenters. The van der Waals surface area contributed by atoms with Crippen molar-refractivity contribution in [2.24, 2.45) is 0 Å². The Hall–Kier alpha value is -3.01. The second-order valence-corrected chi connectivity index (χ2v) is 5.28. The summed E-state index contributed by atoms with van der Waals surface area (Å²) in [6, 6.07) is 18.9. The molecule has 3 rings (SSSR count). The van der Waals surface area contributed by atoms with Gasteiger partial charge in [-0.05, 0) is 35.0 Å². The van der Waals surface area contributed by atoms with Crippen LogP contribution in [0.2, 0.25) is 0 Å². The van der Waals surface area contributed by atoms with E-state index < -0.39 is 0 Å². The second kappa shape index (κ2) is 7.04. The van der Waals surface area contributed by atoms with Crippen molar-refractivity contribution in [3.05, 3.63) is 71.8 Å². The van der Waals surface area contributed by atoms with Crippen LogP contribution in [0.15, 0.2) is 60.7 Å². The van der Waals surface area contributed by atoms with E-state index in [1.54, 1.807) is 7.11 Å². The van der Waals surface area contributed by atoms with Crippen LogP contribution in [-0.2, 0) is 11.3 Å². The van der Waals surface area contributed by atoms with Gasteiger partial charge < -0.3 is 14.2 Å². The summed E-state index contributed by atoms with van der Waals surface area (Å²) in [7, 11) is 3.01. The Morgan fingerprint density at radius 1 is 0.875 bits per heavy atom. The monoisotopic (exact) mass is 322 g/mol. The fraction of sp³-hybridized carbons (Fsp3) is 0.150. The summed E-state index contributed by atoms with van der Waals surface area (Å²) in [5, 5.41) is 1.85. The van der Waals surface area contributed by atoms with Crippen molar-refractivity contribution in [3.63, 3.8) is 0 Å². The summed E-state index contributed by atoms with van der Waals surface area (Å²) in [4.78, 5) is 12.2. The van der Waals surface area contributed by atoms with Crippen LogP contribution < -0.4 is 9.47 Å². The van der Waals surface area contributed by atoms with Crippen LogP contribution in [0.5, 0.6) is 11.5 Å². The van der Waals surface area contributed by atoms with Crippen molar-refractivity contribution in [1.29, 1.82) is 0 Å². The minimum Gasteiger partial charge on any atom is -0.497 e. The molecule has 3 aromatic carbocycles. The Morgan fingerprint density at radius 2 is 1.58 bits per heavy atom. The third kappa shape index (κ3) is 3.18. The molecule has 0 saturated carbocycles. The van der Waals surface area contributed by atoms with Crippen LogP contribution in [0.3, 0.4) is 0 Å². The van der Waals surface area contributed by atoms with E-state index in [-0.39, 0.29) is 12.6 Å². The Balaban J connectivity index is 1.91. The maximum absolute atomic E-state index is 12.2. The molecule has 24 heavy (non-hydrogen) atoms. The number of ether oxygens (including phenoxy) is 3. The molecule has 0 radical (unpaired) electrons. The molecule has 4 heteroatoms. The van der Waals surface area contributed by atoms with Gasteiger partial charge in [-0.3, -0.25) is 0 Å². The summed E-state index contributed by atoms with van der Waals surface area (Å²) in [5.41, 5.74) is 1.33. The minimum atomic E-state index is -0.361. The number of esters is 1. The average Bonchev–Trinajstić information content (AvgIpc) is 2.65. The predicted octanol–water partition coefficient (Wildman–Crippen LogP) is 4.21. The predicted molar refractivity (Wildman–Crippen MR) is 92.6 cm³/mol. The molecule has 0 amide bonds. The van der Waals surface area contributed by atoms with Gasteiger partial charge in [0.25, 0.3) is 0 Å². The van der Waals surface area contributed by atoms with E-state index in [1.165, 1.54) is 7.11 Å². The zero-order chi connectivity index (χ0) is 16.9. The quantitative estimate of drug-likeness (QED) is 0.660. The SMILES string of the molecule is COC(=O)c1c(COc2ccc(OC)cc2)ccc2ccccc12. The lowest BCUT2D eigenvalue weighted by atomic mass is 9.99. The number of carbonyl (C=O) groups is 1. The average molecular weight is 322 g/mol. The van der Waals surface area contributed by atoms with Gasteiger partial charge in [-0.15, -0.1) is 0 Å². The molecule has 0 aliphatic rings. The maximum Gasteiger partial charge on any atom is 0.338 e. The largest absolute Gasteiger partial charge is 0.497 e. The van der Waals surface area contributed by atoms with E-state index in [9.17, 15) is 4.79 Å². The summed E-state index contributed by atoms with van der Waals surface area (Å²) in [6.45, 7) is 0.279. The zero-order valence-corrected chi connectivity index (χ0v) is 13.6. The number of hydrogen-bond acceptors (Lipinski definition) is 4. The second-order valence-electron chi connectivity index (χ2n) is 5.28. The van der Waals surface area contributed by atoms with Crippen molar-refractivity contribution in [2.45, 2.75) is 6.61 Å². The van der Waals surface area contributed by atoms with Gasteiger partial charge in [-0.25, -0.2) is 4.79 Å². The summed E-state index contributed by atoms with van der Waals surface area (Å²) >= 11 is 0. The minimum absolute atomic E-state index is 0.279. The van der Waals surface area contributed by atoms with E-state index in [2.05, 4.69) is 0 Å². The lowest BCUT2D eigenvalue weighted by Gasteiger charge is -2.13. The first-order valence-electron chi connectivity index (χ1n) is 7.58. The molecule has 0 fully saturated rings. The van der Waals surface area contributed by atoms with Crippen LogP contribution in [0.1, 0.15) is 15.9 Å². The van der Waals surface area contributed by atoms with Gasteiger partial charge in [-0.1, -0.05) is 36.4 Å². The van der Waals surface area contributed by atoms with E-state index in [0.29, 0.717) is 11.3 Å². The van der Waals surface area contributed by atoms with Gasteiger partial charge in [0.1, 0.15) is 18.1 Å². The molecule has 0 spiro atoms. The van der Waals surface area contributed by atoms with Crippen LogP contribution in [0.4, 0.5) is 0 Å². The van der Waals surface area contributed by atoms with Crippen molar-refractivity contribution in [1.82, 2.24) is 0 Å². The molecular formula is C20H18O4. The van der Waals surface area contributed by atoms with E-state index >= 15 is 0 Å². The summed E-state index contributed by atoms with van der Waals surface area (Å²) in [5.74, 6) is 1.11. The molecule has 0 bridgehead atoms. The van der Waals surface area contributed by atoms with Crippen LogP contribution in [0.25, 0.3) is 10.8 Å². The highest BCUT2D eigenvalue weighted by atomic mass is 16.5. The first-order chi connectivity index (χ1) is 11.7. The van der Waals surface area contributed by atoms with Gasteiger partial charge in [0.2, 0.25) is 0 Å². The van der Waals surface area contributed by atoms with E-state index in [4.69, 9.17) is 14.2 Å². The normalized spacial score (nSPS) is 10.4. The number of hydrogen-bond donors (Lipinski definition) is 0. The van der Waals surface area contributed by atoms with E-state index in [0.717, 1.165) is 22.1 Å².